The normalized spacial score (nSPS) is 11.1. The molecule has 0 unspecified atom stereocenters. The summed E-state index contributed by atoms with van der Waals surface area (Å²) in [6.07, 6.45) is 4.51. The van der Waals surface area contributed by atoms with Crippen LogP contribution in [0.5, 0.6) is 5.75 Å². The Kier molecular flexibility index (Phi) is 7.34. The first-order valence-corrected chi connectivity index (χ1v) is 11.6. The fourth-order valence-corrected chi connectivity index (χ4v) is 4.38. The minimum Gasteiger partial charge on any atom is -0.497 e. The Hall–Kier alpha value is -3.28. The number of ether oxygens (including phenoxy) is 1. The Labute approximate surface area is 189 Å². The fraction of sp³-hybridized carbons (Fsp3) is 0.0500. The SMILES string of the molecule is COc1ccc(/C=C\C(=O)NC(=S)Nc2ccc(S(=O)(=O)Nc3nccs3)cc2)cc1. The van der Waals surface area contributed by atoms with E-state index < -0.39 is 15.9 Å². The molecule has 0 fully saturated rings. The van der Waals surface area contributed by atoms with E-state index in [9.17, 15) is 13.2 Å². The molecule has 8 nitrogen and oxygen atoms in total. The van der Waals surface area contributed by atoms with Crippen molar-refractivity contribution in [2.45, 2.75) is 4.90 Å². The van der Waals surface area contributed by atoms with Gasteiger partial charge in [-0.05, 0) is 60.3 Å². The zero-order valence-electron chi connectivity index (χ0n) is 16.2. The summed E-state index contributed by atoms with van der Waals surface area (Å²) < 4.78 is 32.2. The lowest BCUT2D eigenvalue weighted by atomic mass is 10.2. The third-order valence-electron chi connectivity index (χ3n) is 3.86. The first kappa shape index (κ1) is 22.4. The van der Waals surface area contributed by atoms with Crippen molar-refractivity contribution in [2.75, 3.05) is 17.1 Å². The molecule has 11 heteroatoms. The number of benzene rings is 2. The summed E-state index contributed by atoms with van der Waals surface area (Å²) in [7, 11) is -2.15. The van der Waals surface area contributed by atoms with Gasteiger partial charge >= 0.3 is 0 Å². The van der Waals surface area contributed by atoms with Crippen molar-refractivity contribution in [3.05, 3.63) is 71.7 Å². The molecule has 1 amide bonds. The average Bonchev–Trinajstić information content (AvgIpc) is 3.25. The third kappa shape index (κ3) is 6.60. The standard InChI is InChI=1S/C20H18N4O4S3/c1-28-16-7-2-14(3-8-16)4-11-18(25)23-19(29)22-15-5-9-17(10-6-15)31(26,27)24-20-21-12-13-30-20/h2-13H,1H3,(H,21,24)(H2,22,23,25,29)/b11-4-. The number of anilines is 2. The number of sulfonamides is 1. The van der Waals surface area contributed by atoms with Crippen molar-refractivity contribution in [1.82, 2.24) is 10.3 Å². The largest absolute Gasteiger partial charge is 0.497 e. The number of hydrogen-bond donors (Lipinski definition) is 3. The number of nitrogens with one attached hydrogen (secondary N) is 3. The van der Waals surface area contributed by atoms with Gasteiger partial charge in [0.15, 0.2) is 10.2 Å². The number of methoxy groups -OCH3 is 1. The van der Waals surface area contributed by atoms with Crippen LogP contribution in [-0.4, -0.2) is 31.5 Å². The van der Waals surface area contributed by atoms with E-state index in [0.717, 1.165) is 11.3 Å². The maximum Gasteiger partial charge on any atom is 0.263 e. The number of aromatic nitrogens is 1. The molecule has 0 atom stereocenters. The predicted molar refractivity (Wildman–Crippen MR) is 126 cm³/mol. The molecule has 31 heavy (non-hydrogen) atoms. The van der Waals surface area contributed by atoms with Gasteiger partial charge < -0.3 is 10.1 Å². The maximum absolute atomic E-state index is 12.3. The lowest BCUT2D eigenvalue weighted by Crippen LogP contribution is -2.32. The molecule has 160 valence electrons. The third-order valence-corrected chi connectivity index (χ3v) is 6.23. The van der Waals surface area contributed by atoms with E-state index in [1.165, 1.54) is 35.7 Å². The quantitative estimate of drug-likeness (QED) is 0.355. The molecule has 3 aromatic rings. The van der Waals surface area contributed by atoms with Crippen LogP contribution in [-0.2, 0) is 14.8 Å². The van der Waals surface area contributed by atoms with Crippen molar-refractivity contribution < 1.29 is 17.9 Å². The van der Waals surface area contributed by atoms with Crippen molar-refractivity contribution in [3.8, 4) is 5.75 Å². The van der Waals surface area contributed by atoms with Gasteiger partial charge in [0.25, 0.3) is 10.0 Å². The lowest BCUT2D eigenvalue weighted by molar-refractivity contribution is -0.115. The van der Waals surface area contributed by atoms with Gasteiger partial charge in [-0.2, -0.15) is 0 Å². The van der Waals surface area contributed by atoms with Gasteiger partial charge in [0.1, 0.15) is 5.75 Å². The van der Waals surface area contributed by atoms with Gasteiger partial charge in [-0.25, -0.2) is 13.4 Å². The molecule has 2 aromatic carbocycles. The van der Waals surface area contributed by atoms with Gasteiger partial charge in [0.2, 0.25) is 5.91 Å². The Morgan fingerprint density at radius 3 is 2.45 bits per heavy atom. The van der Waals surface area contributed by atoms with E-state index in [-0.39, 0.29) is 15.1 Å². The van der Waals surface area contributed by atoms with Gasteiger partial charge in [0.05, 0.1) is 12.0 Å². The number of thiazole rings is 1. The molecule has 0 saturated heterocycles. The highest BCUT2D eigenvalue weighted by atomic mass is 32.2. The molecule has 0 saturated carbocycles. The summed E-state index contributed by atoms with van der Waals surface area (Å²) in [6, 6.07) is 13.2. The molecule has 0 aliphatic carbocycles. The number of carbonyl (C=O) groups is 1. The molecule has 0 radical (unpaired) electrons. The predicted octanol–water partition coefficient (Wildman–Crippen LogP) is 3.48. The Balaban J connectivity index is 1.54. The van der Waals surface area contributed by atoms with Gasteiger partial charge in [-0.15, -0.1) is 11.3 Å². The summed E-state index contributed by atoms with van der Waals surface area (Å²) in [5.41, 5.74) is 1.36. The van der Waals surface area contributed by atoms with Crippen LogP contribution in [0.4, 0.5) is 10.8 Å². The molecule has 0 bridgehead atoms. The number of rotatable bonds is 7. The average molecular weight is 475 g/mol. The summed E-state index contributed by atoms with van der Waals surface area (Å²) in [5.74, 6) is 0.324. The number of nitrogens with zero attached hydrogens (tertiary/aromatic N) is 1. The Morgan fingerprint density at radius 2 is 1.84 bits per heavy atom. The minimum absolute atomic E-state index is 0.0747. The van der Waals surface area contributed by atoms with Crippen LogP contribution in [0.1, 0.15) is 5.56 Å². The topological polar surface area (TPSA) is 109 Å². The summed E-state index contributed by atoms with van der Waals surface area (Å²) in [6.45, 7) is 0. The van der Waals surface area contributed by atoms with Gasteiger partial charge in [-0.3, -0.25) is 14.8 Å². The van der Waals surface area contributed by atoms with Crippen LogP contribution in [0.3, 0.4) is 0 Å². The fourth-order valence-electron chi connectivity index (χ4n) is 2.37. The van der Waals surface area contributed by atoms with Crippen LogP contribution in [0, 0.1) is 0 Å². The molecular weight excluding hydrogens is 456 g/mol. The molecule has 0 aliphatic heterocycles. The van der Waals surface area contributed by atoms with Gasteiger partial charge in [-0.1, -0.05) is 12.1 Å². The second kappa shape index (κ2) is 10.2. The molecule has 3 rings (SSSR count). The van der Waals surface area contributed by atoms with E-state index in [2.05, 4.69) is 20.3 Å². The summed E-state index contributed by atoms with van der Waals surface area (Å²) in [5, 5.41) is 7.41. The molecule has 1 aromatic heterocycles. The monoisotopic (exact) mass is 474 g/mol. The van der Waals surface area contributed by atoms with Crippen molar-refractivity contribution in [1.29, 1.82) is 0 Å². The summed E-state index contributed by atoms with van der Waals surface area (Å²) >= 11 is 6.31. The van der Waals surface area contributed by atoms with E-state index in [1.54, 1.807) is 42.8 Å². The number of hydrogen-bond acceptors (Lipinski definition) is 7. The highest BCUT2D eigenvalue weighted by Crippen LogP contribution is 2.19. The Morgan fingerprint density at radius 1 is 1.13 bits per heavy atom. The molecular formula is C20H18N4O4S3. The van der Waals surface area contributed by atoms with Crippen LogP contribution in [0.25, 0.3) is 6.08 Å². The highest BCUT2D eigenvalue weighted by molar-refractivity contribution is 7.93. The second-order valence-corrected chi connectivity index (χ2v) is 9.00. The Bertz CT molecular complexity index is 1170. The molecule has 0 aliphatic rings. The van der Waals surface area contributed by atoms with Crippen LogP contribution >= 0.6 is 23.6 Å². The zero-order chi connectivity index (χ0) is 22.3. The van der Waals surface area contributed by atoms with Crippen LogP contribution < -0.4 is 20.1 Å². The number of carbonyl (C=O) groups excluding carboxylic acids is 1. The van der Waals surface area contributed by atoms with Crippen molar-refractivity contribution >= 4 is 61.5 Å². The first-order valence-electron chi connectivity index (χ1n) is 8.82. The van der Waals surface area contributed by atoms with Crippen LogP contribution in [0.15, 0.2) is 71.1 Å². The van der Waals surface area contributed by atoms with Crippen molar-refractivity contribution in [2.24, 2.45) is 0 Å². The lowest BCUT2D eigenvalue weighted by Gasteiger charge is -2.09. The van der Waals surface area contributed by atoms with Crippen molar-refractivity contribution in [3.63, 3.8) is 0 Å². The first-order chi connectivity index (χ1) is 14.9. The smallest absolute Gasteiger partial charge is 0.263 e. The van der Waals surface area contributed by atoms with Gasteiger partial charge in [0, 0.05) is 23.3 Å². The summed E-state index contributed by atoms with van der Waals surface area (Å²) in [4.78, 5) is 16.0. The number of amides is 1. The van der Waals surface area contributed by atoms with E-state index in [1.807, 2.05) is 12.1 Å². The maximum atomic E-state index is 12.3. The molecule has 3 N–H and O–H groups in total. The number of thiocarbonyl (C=S) groups is 1. The molecule has 1 heterocycles. The highest BCUT2D eigenvalue weighted by Gasteiger charge is 2.15. The second-order valence-electron chi connectivity index (χ2n) is 6.02. The minimum atomic E-state index is -3.74. The van der Waals surface area contributed by atoms with E-state index in [0.29, 0.717) is 5.69 Å². The zero-order valence-corrected chi connectivity index (χ0v) is 18.7. The van der Waals surface area contributed by atoms with E-state index in [4.69, 9.17) is 17.0 Å². The van der Waals surface area contributed by atoms with Crippen LogP contribution in [0.2, 0.25) is 0 Å². The molecule has 0 spiro atoms. The van der Waals surface area contributed by atoms with E-state index >= 15 is 0 Å².